The smallest absolute Gasteiger partial charge is 0.268 e. The fraction of sp³-hybridized carbons (Fsp3) is 0.130. The van der Waals surface area contributed by atoms with E-state index in [1.54, 1.807) is 43.5 Å². The molecule has 2 N–H and O–H groups in total. The first-order valence-corrected chi connectivity index (χ1v) is 9.10. The second kappa shape index (κ2) is 9.41. The maximum atomic E-state index is 12.8. The second-order valence-electron chi connectivity index (χ2n) is 6.37. The van der Waals surface area contributed by atoms with Crippen LogP contribution in [0.5, 0.6) is 5.75 Å². The number of carbonyl (C=O) groups excluding carboxylic acids is 2. The Morgan fingerprint density at radius 2 is 1.79 bits per heavy atom. The minimum Gasteiger partial charge on any atom is -0.497 e. The molecule has 2 aromatic carbocycles. The summed E-state index contributed by atoms with van der Waals surface area (Å²) in [5.41, 5.74) is 2.57. The maximum absolute atomic E-state index is 12.8. The molecule has 29 heavy (non-hydrogen) atoms. The topological polar surface area (TPSA) is 80.6 Å². The van der Waals surface area contributed by atoms with E-state index in [9.17, 15) is 9.59 Å². The molecule has 0 bridgehead atoms. The average molecular weight is 390 g/mol. The van der Waals surface area contributed by atoms with E-state index >= 15 is 0 Å². The summed E-state index contributed by atoms with van der Waals surface area (Å²) in [4.78, 5) is 25.4. The van der Waals surface area contributed by atoms with Crippen molar-refractivity contribution < 1.29 is 18.7 Å². The summed E-state index contributed by atoms with van der Waals surface area (Å²) in [7, 11) is 1.55. The van der Waals surface area contributed by atoms with Crippen LogP contribution in [0, 0.1) is 6.92 Å². The number of aryl methyl sites for hydroxylation is 1. The van der Waals surface area contributed by atoms with Crippen molar-refractivity contribution in [1.82, 2.24) is 10.6 Å². The SMILES string of the molecule is COc1ccc(C(=O)N/C(=C\c2ccco2)C(=O)NCc2ccccc2C)cc1. The molecule has 3 aromatic rings. The summed E-state index contributed by atoms with van der Waals surface area (Å²) in [6, 6.07) is 17.8. The molecule has 0 saturated heterocycles. The number of hydrogen-bond donors (Lipinski definition) is 2. The molecule has 148 valence electrons. The van der Waals surface area contributed by atoms with Crippen LogP contribution >= 0.6 is 0 Å². The molecular weight excluding hydrogens is 368 g/mol. The van der Waals surface area contributed by atoms with Crippen molar-refractivity contribution in [2.24, 2.45) is 0 Å². The van der Waals surface area contributed by atoms with E-state index in [-0.39, 0.29) is 5.70 Å². The highest BCUT2D eigenvalue weighted by atomic mass is 16.5. The number of nitrogens with one attached hydrogen (secondary N) is 2. The van der Waals surface area contributed by atoms with Crippen LogP contribution in [0.2, 0.25) is 0 Å². The second-order valence-corrected chi connectivity index (χ2v) is 6.37. The van der Waals surface area contributed by atoms with E-state index in [0.29, 0.717) is 23.6 Å². The van der Waals surface area contributed by atoms with Crippen molar-refractivity contribution >= 4 is 17.9 Å². The van der Waals surface area contributed by atoms with Gasteiger partial charge in [-0.05, 0) is 54.4 Å². The van der Waals surface area contributed by atoms with Crippen molar-refractivity contribution in [2.75, 3.05) is 7.11 Å². The van der Waals surface area contributed by atoms with Gasteiger partial charge in [-0.2, -0.15) is 0 Å². The molecule has 0 atom stereocenters. The number of methoxy groups -OCH3 is 1. The van der Waals surface area contributed by atoms with Gasteiger partial charge in [-0.15, -0.1) is 0 Å². The molecule has 3 rings (SSSR count). The summed E-state index contributed by atoms with van der Waals surface area (Å²) < 4.78 is 10.4. The summed E-state index contributed by atoms with van der Waals surface area (Å²) in [5, 5.41) is 5.51. The number of ether oxygens (including phenoxy) is 1. The van der Waals surface area contributed by atoms with E-state index in [1.165, 1.54) is 12.3 Å². The zero-order valence-corrected chi connectivity index (χ0v) is 16.3. The van der Waals surface area contributed by atoms with Gasteiger partial charge in [0.25, 0.3) is 11.8 Å². The number of benzene rings is 2. The van der Waals surface area contributed by atoms with Gasteiger partial charge in [0.2, 0.25) is 0 Å². The van der Waals surface area contributed by atoms with Crippen LogP contribution in [0.3, 0.4) is 0 Å². The van der Waals surface area contributed by atoms with Crippen molar-refractivity contribution in [3.63, 3.8) is 0 Å². The summed E-state index contributed by atoms with van der Waals surface area (Å²) in [6.45, 7) is 2.33. The molecule has 6 heteroatoms. The van der Waals surface area contributed by atoms with E-state index in [2.05, 4.69) is 10.6 Å². The van der Waals surface area contributed by atoms with Gasteiger partial charge in [0.05, 0.1) is 13.4 Å². The molecule has 0 unspecified atom stereocenters. The Morgan fingerprint density at radius 1 is 1.03 bits per heavy atom. The van der Waals surface area contributed by atoms with Gasteiger partial charge in [0.15, 0.2) is 0 Å². The van der Waals surface area contributed by atoms with Gasteiger partial charge >= 0.3 is 0 Å². The highest BCUT2D eigenvalue weighted by molar-refractivity contribution is 6.05. The van der Waals surface area contributed by atoms with Crippen LogP contribution in [0.1, 0.15) is 27.2 Å². The van der Waals surface area contributed by atoms with Gasteiger partial charge in [-0.1, -0.05) is 24.3 Å². The van der Waals surface area contributed by atoms with Crippen molar-refractivity contribution in [3.8, 4) is 5.75 Å². The van der Waals surface area contributed by atoms with Gasteiger partial charge < -0.3 is 19.8 Å². The Kier molecular flexibility index (Phi) is 6.47. The summed E-state index contributed by atoms with van der Waals surface area (Å²) in [6.07, 6.45) is 2.99. The molecular formula is C23H22N2O4. The first-order chi connectivity index (χ1) is 14.1. The first-order valence-electron chi connectivity index (χ1n) is 9.10. The number of carbonyl (C=O) groups is 2. The Bertz CT molecular complexity index is 1010. The van der Waals surface area contributed by atoms with Crippen LogP contribution in [0.15, 0.2) is 77.0 Å². The normalized spacial score (nSPS) is 11.0. The van der Waals surface area contributed by atoms with Crippen LogP contribution in [0.4, 0.5) is 0 Å². The molecule has 2 amide bonds. The average Bonchev–Trinajstić information content (AvgIpc) is 3.25. The predicted octanol–water partition coefficient (Wildman–Crippen LogP) is 3.68. The van der Waals surface area contributed by atoms with Crippen molar-refractivity contribution in [2.45, 2.75) is 13.5 Å². The monoisotopic (exact) mass is 390 g/mol. The Hall–Kier alpha value is -3.80. The summed E-state index contributed by atoms with van der Waals surface area (Å²) >= 11 is 0. The number of hydrogen-bond acceptors (Lipinski definition) is 4. The molecule has 6 nitrogen and oxygen atoms in total. The van der Waals surface area contributed by atoms with E-state index in [1.807, 2.05) is 31.2 Å². The highest BCUT2D eigenvalue weighted by Crippen LogP contribution is 2.13. The van der Waals surface area contributed by atoms with Crippen molar-refractivity contribution in [1.29, 1.82) is 0 Å². The third-order valence-electron chi connectivity index (χ3n) is 4.38. The minimum absolute atomic E-state index is 0.0920. The van der Waals surface area contributed by atoms with Crippen molar-refractivity contribution in [3.05, 3.63) is 95.1 Å². The van der Waals surface area contributed by atoms with Crippen LogP contribution < -0.4 is 15.4 Å². The molecule has 0 spiro atoms. The van der Waals surface area contributed by atoms with E-state index < -0.39 is 11.8 Å². The van der Waals surface area contributed by atoms with Gasteiger partial charge in [0, 0.05) is 18.2 Å². The zero-order valence-electron chi connectivity index (χ0n) is 16.3. The zero-order chi connectivity index (χ0) is 20.6. The largest absolute Gasteiger partial charge is 0.497 e. The molecule has 0 saturated carbocycles. The fourth-order valence-electron chi connectivity index (χ4n) is 2.69. The van der Waals surface area contributed by atoms with Gasteiger partial charge in [0.1, 0.15) is 17.2 Å². The third-order valence-corrected chi connectivity index (χ3v) is 4.38. The lowest BCUT2D eigenvalue weighted by molar-refractivity contribution is -0.117. The molecule has 0 aliphatic heterocycles. The highest BCUT2D eigenvalue weighted by Gasteiger charge is 2.15. The lowest BCUT2D eigenvalue weighted by atomic mass is 10.1. The lowest BCUT2D eigenvalue weighted by Gasteiger charge is -2.12. The Balaban J connectivity index is 1.76. The predicted molar refractivity (Wildman–Crippen MR) is 110 cm³/mol. The molecule has 0 fully saturated rings. The summed E-state index contributed by atoms with van der Waals surface area (Å²) in [5.74, 6) is 0.285. The molecule has 0 radical (unpaired) electrons. The molecule has 1 aromatic heterocycles. The lowest BCUT2D eigenvalue weighted by Crippen LogP contribution is -2.34. The van der Waals surface area contributed by atoms with Gasteiger partial charge in [-0.25, -0.2) is 0 Å². The van der Waals surface area contributed by atoms with Crippen LogP contribution in [-0.2, 0) is 11.3 Å². The third kappa shape index (κ3) is 5.35. The molecule has 0 aliphatic carbocycles. The van der Waals surface area contributed by atoms with Crippen LogP contribution in [-0.4, -0.2) is 18.9 Å². The number of amides is 2. The van der Waals surface area contributed by atoms with Gasteiger partial charge in [-0.3, -0.25) is 9.59 Å². The quantitative estimate of drug-likeness (QED) is 0.603. The molecule has 0 aliphatic rings. The van der Waals surface area contributed by atoms with Crippen LogP contribution in [0.25, 0.3) is 6.08 Å². The number of rotatable bonds is 7. The standard InChI is InChI=1S/C23H22N2O4/c1-16-6-3-4-7-18(16)15-24-23(27)21(14-20-8-5-13-29-20)25-22(26)17-9-11-19(28-2)12-10-17/h3-14H,15H2,1-2H3,(H,24,27)(H,25,26)/b21-14-. The van der Waals surface area contributed by atoms with E-state index in [4.69, 9.17) is 9.15 Å². The first kappa shape index (κ1) is 19.9. The minimum atomic E-state index is -0.411. The fourth-order valence-corrected chi connectivity index (χ4v) is 2.69. The number of furan rings is 1. The van der Waals surface area contributed by atoms with E-state index in [0.717, 1.165) is 11.1 Å². The molecule has 1 heterocycles. The Labute approximate surface area is 169 Å². The Morgan fingerprint density at radius 3 is 2.45 bits per heavy atom. The maximum Gasteiger partial charge on any atom is 0.268 e.